The molecule has 1 aromatic carbocycles. The number of aliphatic hydroxyl groups excluding tert-OH is 1. The molecule has 16 atom stereocenters. The first-order chi connectivity index (χ1) is 49.3. The molecule has 1 saturated heterocycles. The first-order valence-corrected chi connectivity index (χ1v) is 37.5. The molecule has 1 heterocycles. The van der Waals surface area contributed by atoms with Crippen molar-refractivity contribution in [1.29, 1.82) is 0 Å². The van der Waals surface area contributed by atoms with Crippen LogP contribution in [0.15, 0.2) is 42.1 Å². The molecule has 592 valence electrons. The highest BCUT2D eigenvalue weighted by molar-refractivity contribution is 6.00. The van der Waals surface area contributed by atoms with Crippen LogP contribution in [0.1, 0.15) is 195 Å². The Kier molecular flexibility index (Phi) is 40.9. The average molecular weight is 1480 g/mol. The number of hydrogen-bond acceptors (Lipinski definition) is 17. The van der Waals surface area contributed by atoms with E-state index in [2.05, 4.69) is 63.8 Å². The quantitative estimate of drug-likeness (QED) is 0.0252. The Morgan fingerprint density at radius 1 is 0.543 bits per heavy atom. The monoisotopic (exact) mass is 1480 g/mol. The van der Waals surface area contributed by atoms with Gasteiger partial charge in [-0.05, 0) is 119 Å². The standard InChI is InChI=1S/C75H126N14O16/c1-20-45(15)33-34-54(92)80-56(41(7)8)68(97)87-62(48(18)91)72(101)82-57(42(9)10)69(98)83-58(43(11)12)74(103)89-38-28-32-53(89)66(95)79-52(31-27-36-76)65(94)85-60(46(16)21-2)71(100)88-63(49(19)105-75(104)59(44(13)14)84-64(93)51(23-4)78-39-90)73(102)86-61(47(17)22-3)70(99)81-55(40(5)6)67(96)77-37-35-50-29-25-24-26-30-50/h23-26,29-30,39-49,52-53,55-63,91H,20-22,27-28,31-38,76H2,1-19H3,(H,77,96)(H,78,90)(H,79,95)(H,80,92)(H,81,99)(H,82,101)(H,83,98)(H,84,93)(H,85,94)(H,86,102)(H,87,97)(H,88,100)/b51-23-. The van der Waals surface area contributed by atoms with Crippen LogP contribution in [0.5, 0.6) is 0 Å². The minimum Gasteiger partial charge on any atom is -0.458 e. The van der Waals surface area contributed by atoms with Gasteiger partial charge in [0.05, 0.1) is 6.10 Å². The van der Waals surface area contributed by atoms with Gasteiger partial charge in [0.25, 0.3) is 5.91 Å². The van der Waals surface area contributed by atoms with Crippen LogP contribution in [0, 0.1) is 47.3 Å². The minimum absolute atomic E-state index is 0.0536. The highest BCUT2D eigenvalue weighted by atomic mass is 16.5. The first-order valence-electron chi connectivity index (χ1n) is 37.5. The fraction of sp³-hybridized carbons (Fsp3) is 0.707. The molecule has 0 aromatic heterocycles. The molecule has 30 heteroatoms. The predicted octanol–water partition coefficient (Wildman–Crippen LogP) is 2.08. The number of aliphatic hydroxyl groups is 1. The number of ether oxygens (including phenoxy) is 1. The summed E-state index contributed by atoms with van der Waals surface area (Å²) in [6, 6.07) is -5.35. The number of esters is 1. The Hall–Kier alpha value is -8.54. The summed E-state index contributed by atoms with van der Waals surface area (Å²) in [4.78, 5) is 197. The predicted molar refractivity (Wildman–Crippen MR) is 397 cm³/mol. The molecule has 1 aromatic rings. The molecule has 15 N–H and O–H groups in total. The lowest BCUT2D eigenvalue weighted by Crippen LogP contribution is -2.64. The van der Waals surface area contributed by atoms with Crippen LogP contribution in [0.2, 0.25) is 0 Å². The second-order valence-electron chi connectivity index (χ2n) is 29.5. The number of allylic oxidation sites excluding steroid dienone is 1. The van der Waals surface area contributed by atoms with Crippen molar-refractivity contribution in [3.05, 3.63) is 47.7 Å². The van der Waals surface area contributed by atoms with Gasteiger partial charge < -0.3 is 84.3 Å². The molecule has 2 rings (SSSR count). The Morgan fingerprint density at radius 3 is 1.49 bits per heavy atom. The maximum Gasteiger partial charge on any atom is 0.329 e. The van der Waals surface area contributed by atoms with Crippen molar-refractivity contribution < 1.29 is 77.0 Å². The molecule has 0 radical (unpaired) electrons. The number of carbonyl (C=O) groups is 14. The van der Waals surface area contributed by atoms with Gasteiger partial charge in [-0.15, -0.1) is 0 Å². The number of likely N-dealkylation sites (tertiary alicyclic amines) is 1. The number of nitrogens with zero attached hydrogens (tertiary/aromatic N) is 1. The maximum atomic E-state index is 15.0. The molecule has 0 aliphatic carbocycles. The molecular formula is C75H126N14O16. The molecule has 0 spiro atoms. The van der Waals surface area contributed by atoms with Gasteiger partial charge in [-0.25, -0.2) is 4.79 Å². The summed E-state index contributed by atoms with van der Waals surface area (Å²) in [6.45, 7) is 32.1. The molecular weight excluding hydrogens is 1350 g/mol. The summed E-state index contributed by atoms with van der Waals surface area (Å²) in [5, 5.41) is 43.0. The van der Waals surface area contributed by atoms with Crippen molar-refractivity contribution in [1.82, 2.24) is 68.7 Å². The van der Waals surface area contributed by atoms with Crippen LogP contribution in [0.25, 0.3) is 0 Å². The van der Waals surface area contributed by atoms with E-state index in [0.717, 1.165) is 12.0 Å². The van der Waals surface area contributed by atoms with Crippen LogP contribution >= 0.6 is 0 Å². The molecule has 30 nitrogen and oxygen atoms in total. The number of amides is 13. The topological polar surface area (TPSA) is 442 Å². The number of nitrogens with one attached hydrogen (secondary N) is 12. The highest BCUT2D eigenvalue weighted by Crippen LogP contribution is 2.23. The third-order valence-corrected chi connectivity index (χ3v) is 19.2. The Bertz CT molecular complexity index is 3070. The second-order valence-corrected chi connectivity index (χ2v) is 29.5. The normalized spacial score (nSPS) is 17.4. The van der Waals surface area contributed by atoms with Crippen molar-refractivity contribution in [2.45, 2.75) is 274 Å². The van der Waals surface area contributed by atoms with Gasteiger partial charge in [-0.1, -0.05) is 166 Å². The van der Waals surface area contributed by atoms with E-state index in [9.17, 15) is 62.6 Å². The smallest absolute Gasteiger partial charge is 0.329 e. The lowest BCUT2D eigenvalue weighted by molar-refractivity contribution is -0.157. The second kappa shape index (κ2) is 46.4. The average Bonchev–Trinajstić information content (AvgIpc) is 1.79. The lowest BCUT2D eigenvalue weighted by Gasteiger charge is -2.34. The Morgan fingerprint density at radius 2 is 1.00 bits per heavy atom. The van der Waals surface area contributed by atoms with Crippen LogP contribution in [-0.4, -0.2) is 192 Å². The molecule has 1 fully saturated rings. The van der Waals surface area contributed by atoms with E-state index in [-0.39, 0.29) is 75.7 Å². The van der Waals surface area contributed by atoms with Gasteiger partial charge in [0.1, 0.15) is 78.3 Å². The summed E-state index contributed by atoms with van der Waals surface area (Å²) in [5.41, 5.74) is 6.77. The fourth-order valence-corrected chi connectivity index (χ4v) is 11.7. The third kappa shape index (κ3) is 29.7. The van der Waals surface area contributed by atoms with Crippen molar-refractivity contribution in [3.63, 3.8) is 0 Å². The molecule has 13 amide bonds. The number of benzene rings is 1. The number of nitrogens with two attached hydrogens (primary N) is 1. The molecule has 1 aliphatic rings. The van der Waals surface area contributed by atoms with Crippen molar-refractivity contribution in [2.24, 2.45) is 53.1 Å². The van der Waals surface area contributed by atoms with Crippen LogP contribution in [-0.2, 0) is 78.3 Å². The maximum absolute atomic E-state index is 15.0. The summed E-state index contributed by atoms with van der Waals surface area (Å²) in [7, 11) is 0. The first kappa shape index (κ1) is 92.5. The van der Waals surface area contributed by atoms with Crippen LogP contribution in [0.4, 0.5) is 0 Å². The van der Waals surface area contributed by atoms with E-state index in [0.29, 0.717) is 25.7 Å². The van der Waals surface area contributed by atoms with E-state index in [1.54, 1.807) is 96.9 Å². The van der Waals surface area contributed by atoms with Gasteiger partial charge in [-0.3, -0.25) is 62.3 Å². The number of rotatable bonds is 46. The van der Waals surface area contributed by atoms with E-state index >= 15 is 9.59 Å². The Balaban J connectivity index is 2.57. The largest absolute Gasteiger partial charge is 0.458 e. The molecule has 0 saturated carbocycles. The fourth-order valence-electron chi connectivity index (χ4n) is 11.7. The summed E-state index contributed by atoms with van der Waals surface area (Å²) >= 11 is 0. The lowest BCUT2D eigenvalue weighted by atomic mass is 9.95. The third-order valence-electron chi connectivity index (χ3n) is 19.2. The minimum atomic E-state index is -1.83. The summed E-state index contributed by atoms with van der Waals surface area (Å²) in [6.07, 6.45) is 1.93. The van der Waals surface area contributed by atoms with Gasteiger partial charge in [-0.2, -0.15) is 0 Å². The molecule has 0 bridgehead atoms. The number of hydrogen-bond donors (Lipinski definition) is 14. The zero-order valence-corrected chi connectivity index (χ0v) is 65.5. The van der Waals surface area contributed by atoms with E-state index < -0.39 is 191 Å². The zero-order chi connectivity index (χ0) is 79.7. The van der Waals surface area contributed by atoms with E-state index in [4.69, 9.17) is 10.5 Å². The highest BCUT2D eigenvalue weighted by Gasteiger charge is 2.44. The van der Waals surface area contributed by atoms with Crippen molar-refractivity contribution in [3.8, 4) is 0 Å². The summed E-state index contributed by atoms with van der Waals surface area (Å²) in [5.74, 6) is -13.7. The van der Waals surface area contributed by atoms with Gasteiger partial charge in [0.15, 0.2) is 0 Å². The van der Waals surface area contributed by atoms with Crippen LogP contribution in [0.3, 0.4) is 0 Å². The molecule has 105 heavy (non-hydrogen) atoms. The molecule has 16 unspecified atom stereocenters. The van der Waals surface area contributed by atoms with Gasteiger partial charge in [0, 0.05) is 19.5 Å². The van der Waals surface area contributed by atoms with E-state index in [1.807, 2.05) is 44.2 Å². The Labute approximate surface area is 621 Å². The number of carbonyl (C=O) groups excluding carboxylic acids is 14. The van der Waals surface area contributed by atoms with Crippen molar-refractivity contribution >= 4 is 83.3 Å². The summed E-state index contributed by atoms with van der Waals surface area (Å²) < 4.78 is 5.91. The van der Waals surface area contributed by atoms with Crippen LogP contribution < -0.4 is 69.5 Å². The van der Waals surface area contributed by atoms with Gasteiger partial charge >= 0.3 is 5.97 Å². The zero-order valence-electron chi connectivity index (χ0n) is 65.5. The molecule has 1 aliphatic heterocycles. The SMILES string of the molecule is C/C=C(\NC=O)C(=O)NC(C(=O)OC(C)C(NC(=O)C(NC(=O)C(CCCN)NC(=O)C1CCCN1C(=O)C(NC(=O)C(NC(=O)C(NC(=O)C(NC(=O)CCC(C)CC)C(C)C)C(C)O)C(C)C)C(C)C)C(C)CC)C(=O)NC(C(=O)NC(C(=O)NCCc1ccccc1)C(C)C)C(C)CC)C(C)C. The van der Waals surface area contributed by atoms with Gasteiger partial charge in [0.2, 0.25) is 71.4 Å². The van der Waals surface area contributed by atoms with Crippen molar-refractivity contribution in [2.75, 3.05) is 19.6 Å². The van der Waals surface area contributed by atoms with E-state index in [1.165, 1.54) is 31.7 Å².